The van der Waals surface area contributed by atoms with Crippen molar-refractivity contribution in [2.45, 2.75) is 57.5 Å². The van der Waals surface area contributed by atoms with Gasteiger partial charge in [-0.1, -0.05) is 64.2 Å². The third-order valence-electron chi connectivity index (χ3n) is 4.82. The van der Waals surface area contributed by atoms with Crippen molar-refractivity contribution in [3.8, 4) is 11.5 Å². The average Bonchev–Trinajstić information content (AvgIpc) is 2.54. The van der Waals surface area contributed by atoms with Crippen LogP contribution in [0.1, 0.15) is 38.9 Å². The second-order valence-electron chi connectivity index (χ2n) is 7.87. The molecule has 1 aromatic carbocycles. The van der Waals surface area contributed by atoms with Gasteiger partial charge in [0.15, 0.2) is 6.10 Å². The molecule has 3 N–H and O–H groups in total. The zero-order valence-corrected chi connectivity index (χ0v) is 17.6. The Morgan fingerprint density at radius 1 is 1.23 bits per heavy atom. The van der Waals surface area contributed by atoms with Crippen LogP contribution in [0.4, 0.5) is 0 Å². The molecule has 2 amide bonds. The molecule has 0 saturated heterocycles. The maximum Gasteiger partial charge on any atom is 0.254 e. The fraction of sp³-hybridized carbons (Fsp3) is 0.500. The molecule has 5 nitrogen and oxygen atoms in total. The number of hydrogen-bond acceptors (Lipinski definition) is 3. The van der Waals surface area contributed by atoms with Crippen molar-refractivity contribution in [2.24, 2.45) is 5.73 Å². The molecular formula is C20H30N2O3Si. The van der Waals surface area contributed by atoms with E-state index in [4.69, 9.17) is 10.5 Å². The van der Waals surface area contributed by atoms with Crippen LogP contribution in [0, 0.1) is 11.5 Å². The van der Waals surface area contributed by atoms with E-state index in [1.165, 1.54) is 7.11 Å². The molecular weight excluding hydrogens is 344 g/mol. The summed E-state index contributed by atoms with van der Waals surface area (Å²) in [7, 11) is -0.326. The van der Waals surface area contributed by atoms with E-state index >= 15 is 0 Å². The van der Waals surface area contributed by atoms with E-state index < -0.39 is 32.0 Å². The Labute approximate surface area is 157 Å². The highest BCUT2D eigenvalue weighted by Crippen LogP contribution is 2.35. The van der Waals surface area contributed by atoms with Crippen molar-refractivity contribution in [1.82, 2.24) is 5.32 Å². The zero-order chi connectivity index (χ0) is 20.0. The van der Waals surface area contributed by atoms with Gasteiger partial charge < -0.3 is 15.8 Å². The van der Waals surface area contributed by atoms with Crippen molar-refractivity contribution in [3.05, 3.63) is 35.9 Å². The number of ether oxygens (including phenoxy) is 1. The molecule has 0 saturated carbocycles. The minimum absolute atomic E-state index is 0.125. The third kappa shape index (κ3) is 6.01. The van der Waals surface area contributed by atoms with E-state index in [2.05, 4.69) is 50.6 Å². The van der Waals surface area contributed by atoms with Gasteiger partial charge in [0.05, 0.1) is 0 Å². The Kier molecular flexibility index (Phi) is 7.61. The highest BCUT2D eigenvalue weighted by atomic mass is 28.3. The van der Waals surface area contributed by atoms with E-state index in [0.29, 0.717) is 5.56 Å². The maximum atomic E-state index is 12.5. The molecule has 0 fully saturated rings. The Hall–Kier alpha value is -2.10. The predicted molar refractivity (Wildman–Crippen MR) is 107 cm³/mol. The van der Waals surface area contributed by atoms with Crippen LogP contribution in [-0.4, -0.2) is 33.0 Å². The zero-order valence-electron chi connectivity index (χ0n) is 16.6. The number of nitrogens with two attached hydrogens (primary N) is 1. The van der Waals surface area contributed by atoms with Gasteiger partial charge in [-0.25, -0.2) is 0 Å². The van der Waals surface area contributed by atoms with Gasteiger partial charge in [-0.05, 0) is 10.6 Å². The molecule has 0 aliphatic heterocycles. The summed E-state index contributed by atoms with van der Waals surface area (Å²) in [6.45, 7) is 10.9. The summed E-state index contributed by atoms with van der Waals surface area (Å²) in [5, 5.41) is 2.79. The van der Waals surface area contributed by atoms with Crippen LogP contribution in [0.3, 0.4) is 0 Å². The summed E-state index contributed by atoms with van der Waals surface area (Å²) in [6, 6.07) is 8.25. The van der Waals surface area contributed by atoms with Crippen LogP contribution >= 0.6 is 0 Å². The van der Waals surface area contributed by atoms with Gasteiger partial charge in [-0.3, -0.25) is 9.59 Å². The second-order valence-corrected chi connectivity index (χ2v) is 12.9. The molecule has 142 valence electrons. The first kappa shape index (κ1) is 21.9. The number of rotatable bonds is 6. The van der Waals surface area contributed by atoms with Gasteiger partial charge >= 0.3 is 0 Å². The Morgan fingerprint density at radius 3 is 2.27 bits per heavy atom. The first-order chi connectivity index (χ1) is 12.0. The molecule has 0 unspecified atom stereocenters. The highest BCUT2D eigenvalue weighted by molar-refractivity contribution is 6.87. The van der Waals surface area contributed by atoms with Crippen molar-refractivity contribution >= 4 is 19.9 Å². The summed E-state index contributed by atoms with van der Waals surface area (Å²) in [5.74, 6) is 2.06. The smallest absolute Gasteiger partial charge is 0.254 e. The van der Waals surface area contributed by atoms with E-state index in [1.807, 2.05) is 18.2 Å². The molecule has 26 heavy (non-hydrogen) atoms. The van der Waals surface area contributed by atoms with Gasteiger partial charge in [-0.2, -0.15) is 0 Å². The van der Waals surface area contributed by atoms with Crippen LogP contribution in [-0.2, 0) is 14.3 Å². The van der Waals surface area contributed by atoms with Gasteiger partial charge in [0.25, 0.3) is 5.91 Å². The molecule has 1 aromatic rings. The monoisotopic (exact) mass is 374 g/mol. The van der Waals surface area contributed by atoms with Gasteiger partial charge in [0.2, 0.25) is 5.91 Å². The molecule has 2 atom stereocenters. The van der Waals surface area contributed by atoms with E-state index in [1.54, 1.807) is 12.1 Å². The standard InChI is InChI=1S/C20H30N2O3Si/c1-20(2,3)26(5,6)14-10-13-16(18(21)23)22-19(24)17(25-4)15-11-8-7-9-12-15/h7-9,11-12,16-17H,13H2,1-6H3,(H2,21,23)(H,22,24)/t16-,17-/m0/s1. The lowest BCUT2D eigenvalue weighted by atomic mass is 10.1. The first-order valence-corrected chi connectivity index (χ1v) is 11.7. The van der Waals surface area contributed by atoms with E-state index in [0.717, 1.165) is 0 Å². The van der Waals surface area contributed by atoms with Crippen LogP contribution in [0.2, 0.25) is 18.1 Å². The topological polar surface area (TPSA) is 81.4 Å². The number of carbonyl (C=O) groups is 2. The van der Waals surface area contributed by atoms with E-state index in [-0.39, 0.29) is 11.5 Å². The van der Waals surface area contributed by atoms with Crippen molar-refractivity contribution in [2.75, 3.05) is 7.11 Å². The number of carbonyl (C=O) groups excluding carboxylic acids is 2. The number of methoxy groups -OCH3 is 1. The lowest BCUT2D eigenvalue weighted by Crippen LogP contribution is -2.46. The fourth-order valence-corrected chi connectivity index (χ4v) is 2.97. The highest BCUT2D eigenvalue weighted by Gasteiger charge is 2.33. The number of primary amides is 1. The molecule has 0 bridgehead atoms. The van der Waals surface area contributed by atoms with Crippen LogP contribution < -0.4 is 11.1 Å². The largest absolute Gasteiger partial charge is 0.368 e. The van der Waals surface area contributed by atoms with Crippen LogP contribution in [0.5, 0.6) is 0 Å². The molecule has 6 heteroatoms. The predicted octanol–water partition coefficient (Wildman–Crippen LogP) is 2.79. The quantitative estimate of drug-likeness (QED) is 0.593. The van der Waals surface area contributed by atoms with Crippen LogP contribution in [0.25, 0.3) is 0 Å². The summed E-state index contributed by atoms with van der Waals surface area (Å²) in [6.07, 6.45) is -0.606. The summed E-state index contributed by atoms with van der Waals surface area (Å²) < 4.78 is 5.29. The molecule has 0 aliphatic rings. The van der Waals surface area contributed by atoms with Crippen LogP contribution in [0.15, 0.2) is 30.3 Å². The van der Waals surface area contributed by atoms with Crippen molar-refractivity contribution in [3.63, 3.8) is 0 Å². The minimum Gasteiger partial charge on any atom is -0.368 e. The average molecular weight is 375 g/mol. The van der Waals surface area contributed by atoms with Gasteiger partial charge in [-0.15, -0.1) is 11.5 Å². The SMILES string of the molecule is CO[C@H](C(=O)N[C@@H](CC#C[Si](C)(C)C(C)(C)C)C(N)=O)c1ccccc1. The Morgan fingerprint density at radius 2 is 1.81 bits per heavy atom. The molecule has 0 spiro atoms. The molecule has 0 aliphatic carbocycles. The lowest BCUT2D eigenvalue weighted by Gasteiger charge is -2.31. The lowest BCUT2D eigenvalue weighted by molar-refractivity contribution is -0.134. The number of benzene rings is 1. The third-order valence-corrected chi connectivity index (χ3v) is 9.37. The summed E-state index contributed by atoms with van der Waals surface area (Å²) >= 11 is 0. The number of amides is 2. The van der Waals surface area contributed by atoms with Gasteiger partial charge in [0, 0.05) is 13.5 Å². The normalized spacial score (nSPS) is 13.9. The second kappa shape index (κ2) is 9.02. The number of nitrogens with one attached hydrogen (secondary N) is 1. The van der Waals surface area contributed by atoms with Gasteiger partial charge in [0.1, 0.15) is 14.1 Å². The fourth-order valence-electron chi connectivity index (χ4n) is 2.05. The molecule has 0 heterocycles. The maximum absolute atomic E-state index is 12.5. The summed E-state index contributed by atoms with van der Waals surface area (Å²) in [5.41, 5.74) is 9.49. The summed E-state index contributed by atoms with van der Waals surface area (Å²) in [4.78, 5) is 24.3. The molecule has 0 aromatic heterocycles. The Bertz CT molecular complexity index is 684. The van der Waals surface area contributed by atoms with Crippen molar-refractivity contribution in [1.29, 1.82) is 0 Å². The first-order valence-electron chi connectivity index (χ1n) is 8.67. The number of hydrogen-bond donors (Lipinski definition) is 2. The van der Waals surface area contributed by atoms with E-state index in [9.17, 15) is 9.59 Å². The molecule has 1 rings (SSSR count). The molecule has 0 radical (unpaired) electrons. The van der Waals surface area contributed by atoms with Crippen molar-refractivity contribution < 1.29 is 14.3 Å². The minimum atomic E-state index is -1.78. The Balaban J connectivity index is 2.86.